The summed E-state index contributed by atoms with van der Waals surface area (Å²) in [4.78, 5) is 12.5. The summed E-state index contributed by atoms with van der Waals surface area (Å²) in [5.74, 6) is 1.28. The predicted octanol–water partition coefficient (Wildman–Crippen LogP) is 4.72. The summed E-state index contributed by atoms with van der Waals surface area (Å²) in [5.41, 5.74) is 9.64. The summed E-state index contributed by atoms with van der Waals surface area (Å²) < 4.78 is 12.2. The number of hydrogen-bond acceptors (Lipinski definition) is 4. The molecule has 0 saturated heterocycles. The van der Waals surface area contributed by atoms with Crippen molar-refractivity contribution in [3.05, 3.63) is 95.1 Å². The Labute approximate surface area is 177 Å². The van der Waals surface area contributed by atoms with Gasteiger partial charge < -0.3 is 15.2 Å². The molecule has 1 aliphatic rings. The Hall–Kier alpha value is -2.82. The zero-order valence-corrected chi connectivity index (χ0v) is 16.9. The third-order valence-corrected chi connectivity index (χ3v) is 5.00. The van der Waals surface area contributed by atoms with Crippen LogP contribution in [0.1, 0.15) is 33.5 Å². The van der Waals surface area contributed by atoms with E-state index in [0.29, 0.717) is 43.1 Å². The van der Waals surface area contributed by atoms with Crippen LogP contribution >= 0.6 is 12.4 Å². The normalized spacial score (nSPS) is 15.2. The fraction of sp³-hybridized carbons (Fsp3) is 0.208. The SMILES string of the molecule is Cl.NC1CCc2c(ccc(OCc3ccccc3)c2OCc2ccccc2)C1=O. The number of rotatable bonds is 6. The van der Waals surface area contributed by atoms with Crippen molar-refractivity contribution in [2.24, 2.45) is 5.73 Å². The number of ether oxygens (including phenoxy) is 2. The van der Waals surface area contributed by atoms with E-state index in [4.69, 9.17) is 15.2 Å². The second-order valence-electron chi connectivity index (χ2n) is 6.98. The number of hydrogen-bond donors (Lipinski definition) is 1. The van der Waals surface area contributed by atoms with E-state index >= 15 is 0 Å². The van der Waals surface area contributed by atoms with Gasteiger partial charge in [-0.25, -0.2) is 0 Å². The van der Waals surface area contributed by atoms with Gasteiger partial charge in [-0.15, -0.1) is 12.4 Å². The van der Waals surface area contributed by atoms with Crippen LogP contribution in [0.2, 0.25) is 0 Å². The van der Waals surface area contributed by atoms with E-state index in [2.05, 4.69) is 0 Å². The van der Waals surface area contributed by atoms with Gasteiger partial charge in [0, 0.05) is 11.1 Å². The lowest BCUT2D eigenvalue weighted by molar-refractivity contribution is 0.0947. The number of halogens is 1. The summed E-state index contributed by atoms with van der Waals surface area (Å²) in [6.07, 6.45) is 1.32. The minimum atomic E-state index is -0.439. The Morgan fingerprint density at radius 3 is 2.03 bits per heavy atom. The van der Waals surface area contributed by atoms with E-state index in [-0.39, 0.29) is 18.2 Å². The molecule has 0 heterocycles. The predicted molar refractivity (Wildman–Crippen MR) is 116 cm³/mol. The molecule has 0 aromatic heterocycles. The van der Waals surface area contributed by atoms with Crippen LogP contribution in [0.25, 0.3) is 0 Å². The van der Waals surface area contributed by atoms with Crippen LogP contribution in [0.5, 0.6) is 11.5 Å². The first-order chi connectivity index (χ1) is 13.7. The highest BCUT2D eigenvalue weighted by Crippen LogP contribution is 2.38. The van der Waals surface area contributed by atoms with Crippen molar-refractivity contribution in [1.29, 1.82) is 0 Å². The largest absolute Gasteiger partial charge is 0.485 e. The van der Waals surface area contributed by atoms with E-state index in [1.54, 1.807) is 0 Å². The van der Waals surface area contributed by atoms with Crippen LogP contribution in [0, 0.1) is 0 Å². The average Bonchev–Trinajstić information content (AvgIpc) is 2.75. The molecule has 0 aliphatic heterocycles. The van der Waals surface area contributed by atoms with Crippen molar-refractivity contribution in [3.63, 3.8) is 0 Å². The maximum atomic E-state index is 12.5. The Kier molecular flexibility index (Phi) is 6.91. The van der Waals surface area contributed by atoms with Gasteiger partial charge in [0.2, 0.25) is 0 Å². The van der Waals surface area contributed by atoms with Gasteiger partial charge in [0.1, 0.15) is 13.2 Å². The first-order valence-corrected chi connectivity index (χ1v) is 9.51. The maximum Gasteiger partial charge on any atom is 0.179 e. The summed E-state index contributed by atoms with van der Waals surface area (Å²) in [6.45, 7) is 0.855. The first-order valence-electron chi connectivity index (χ1n) is 9.51. The molecule has 5 heteroatoms. The number of carbonyl (C=O) groups is 1. The Bertz CT molecular complexity index is 961. The van der Waals surface area contributed by atoms with Crippen molar-refractivity contribution < 1.29 is 14.3 Å². The highest BCUT2D eigenvalue weighted by Gasteiger charge is 2.28. The summed E-state index contributed by atoms with van der Waals surface area (Å²) in [7, 11) is 0. The van der Waals surface area contributed by atoms with Gasteiger partial charge in [-0.05, 0) is 36.1 Å². The van der Waals surface area contributed by atoms with Gasteiger partial charge in [-0.2, -0.15) is 0 Å². The lowest BCUT2D eigenvalue weighted by Crippen LogP contribution is -2.35. The molecule has 0 amide bonds. The van der Waals surface area contributed by atoms with Gasteiger partial charge in [0.15, 0.2) is 17.3 Å². The molecule has 3 aromatic carbocycles. The van der Waals surface area contributed by atoms with Crippen LogP contribution in [0.3, 0.4) is 0 Å². The zero-order valence-electron chi connectivity index (χ0n) is 16.0. The van der Waals surface area contributed by atoms with E-state index < -0.39 is 6.04 Å². The number of ketones is 1. The molecular weight excluding hydrogens is 386 g/mol. The van der Waals surface area contributed by atoms with Gasteiger partial charge in [-0.3, -0.25) is 4.79 Å². The Morgan fingerprint density at radius 1 is 0.828 bits per heavy atom. The fourth-order valence-electron chi connectivity index (χ4n) is 3.45. The van der Waals surface area contributed by atoms with Gasteiger partial charge >= 0.3 is 0 Å². The van der Waals surface area contributed by atoms with Crippen LogP contribution in [-0.2, 0) is 19.6 Å². The molecule has 0 fully saturated rings. The molecule has 0 saturated carbocycles. The van der Waals surface area contributed by atoms with Crippen molar-refractivity contribution in [1.82, 2.24) is 0 Å². The quantitative estimate of drug-likeness (QED) is 0.639. The topological polar surface area (TPSA) is 61.6 Å². The van der Waals surface area contributed by atoms with Crippen LogP contribution in [0.4, 0.5) is 0 Å². The van der Waals surface area contributed by atoms with E-state index in [0.717, 1.165) is 16.7 Å². The van der Waals surface area contributed by atoms with E-state index in [1.807, 2.05) is 72.8 Å². The highest BCUT2D eigenvalue weighted by molar-refractivity contribution is 6.03. The summed E-state index contributed by atoms with van der Waals surface area (Å²) in [5, 5.41) is 0. The van der Waals surface area contributed by atoms with Crippen molar-refractivity contribution >= 4 is 18.2 Å². The lowest BCUT2D eigenvalue weighted by atomic mass is 9.86. The molecule has 4 rings (SSSR count). The monoisotopic (exact) mass is 409 g/mol. The molecule has 1 aliphatic carbocycles. The van der Waals surface area contributed by atoms with Gasteiger partial charge in [-0.1, -0.05) is 60.7 Å². The van der Waals surface area contributed by atoms with Crippen LogP contribution in [0.15, 0.2) is 72.8 Å². The molecule has 1 unspecified atom stereocenters. The van der Waals surface area contributed by atoms with Crippen LogP contribution in [-0.4, -0.2) is 11.8 Å². The fourth-order valence-corrected chi connectivity index (χ4v) is 3.45. The number of carbonyl (C=O) groups excluding carboxylic acids is 1. The standard InChI is InChI=1S/C24H23NO3.ClH/c25-21-13-11-20-19(23(21)26)12-14-22(27-15-17-7-3-1-4-8-17)24(20)28-16-18-9-5-2-6-10-18;/h1-10,12,14,21H,11,13,15-16,25H2;1H. The summed E-state index contributed by atoms with van der Waals surface area (Å²) in [6, 6.07) is 23.1. The Balaban J connectivity index is 0.00000240. The molecule has 2 N–H and O–H groups in total. The molecular formula is C24H24ClNO3. The smallest absolute Gasteiger partial charge is 0.179 e. The number of benzene rings is 3. The van der Waals surface area contributed by atoms with E-state index in [9.17, 15) is 4.79 Å². The summed E-state index contributed by atoms with van der Waals surface area (Å²) >= 11 is 0. The maximum absolute atomic E-state index is 12.5. The molecule has 0 radical (unpaired) electrons. The Morgan fingerprint density at radius 2 is 1.41 bits per heavy atom. The lowest BCUT2D eigenvalue weighted by Gasteiger charge is -2.24. The van der Waals surface area contributed by atoms with Crippen molar-refractivity contribution in [2.45, 2.75) is 32.1 Å². The average molecular weight is 410 g/mol. The van der Waals surface area contributed by atoms with Gasteiger partial charge in [0.05, 0.1) is 6.04 Å². The second kappa shape index (κ2) is 9.59. The van der Waals surface area contributed by atoms with Crippen molar-refractivity contribution in [2.75, 3.05) is 0 Å². The molecule has 3 aromatic rings. The van der Waals surface area contributed by atoms with Gasteiger partial charge in [0.25, 0.3) is 0 Å². The zero-order chi connectivity index (χ0) is 19.3. The van der Waals surface area contributed by atoms with Crippen molar-refractivity contribution in [3.8, 4) is 11.5 Å². The molecule has 29 heavy (non-hydrogen) atoms. The third-order valence-electron chi connectivity index (χ3n) is 5.00. The second-order valence-corrected chi connectivity index (χ2v) is 6.98. The highest BCUT2D eigenvalue weighted by atomic mass is 35.5. The molecule has 0 spiro atoms. The minimum Gasteiger partial charge on any atom is -0.485 e. The number of fused-ring (bicyclic) bond motifs is 1. The van der Waals surface area contributed by atoms with Crippen LogP contribution < -0.4 is 15.2 Å². The molecule has 0 bridgehead atoms. The number of Topliss-reactive ketones (excluding diaryl/α,β-unsaturated/α-hetero) is 1. The first kappa shape index (κ1) is 20.9. The molecule has 4 nitrogen and oxygen atoms in total. The molecule has 150 valence electrons. The third kappa shape index (κ3) is 4.78. The van der Waals surface area contributed by atoms with E-state index in [1.165, 1.54) is 0 Å². The molecule has 1 atom stereocenters. The number of nitrogens with two attached hydrogens (primary N) is 1. The minimum absolute atomic E-state index is 0.